The molecule has 4 heteroatoms. The highest BCUT2D eigenvalue weighted by molar-refractivity contribution is 5.99. The molecule has 0 unspecified atom stereocenters. The summed E-state index contributed by atoms with van der Waals surface area (Å²) in [5, 5.41) is 5.80. The fourth-order valence-corrected chi connectivity index (χ4v) is 1.87. The van der Waals surface area contributed by atoms with Crippen LogP contribution in [0.25, 0.3) is 0 Å². The Hall–Kier alpha value is -1.84. The molecular weight excluding hydrogens is 252 g/mol. The molecule has 1 fully saturated rings. The summed E-state index contributed by atoms with van der Waals surface area (Å²) >= 11 is 0. The lowest BCUT2D eigenvalue weighted by atomic mass is 10.1. The van der Waals surface area contributed by atoms with Gasteiger partial charge in [-0.3, -0.25) is 9.59 Å². The second kappa shape index (κ2) is 6.55. The molecular formula is C16H22N2O2. The van der Waals surface area contributed by atoms with E-state index in [2.05, 4.69) is 24.5 Å². The maximum absolute atomic E-state index is 12.0. The first-order valence-corrected chi connectivity index (χ1v) is 7.25. The Morgan fingerprint density at radius 1 is 1.20 bits per heavy atom. The Balaban J connectivity index is 1.93. The van der Waals surface area contributed by atoms with E-state index in [0.29, 0.717) is 29.6 Å². The van der Waals surface area contributed by atoms with Crippen molar-refractivity contribution >= 4 is 11.8 Å². The Morgan fingerprint density at radius 2 is 1.85 bits per heavy atom. The number of amides is 2. The number of carbonyl (C=O) groups excluding carboxylic acids is 2. The molecule has 2 N–H and O–H groups in total. The van der Waals surface area contributed by atoms with Crippen LogP contribution in [-0.2, 0) is 0 Å². The Kier molecular flexibility index (Phi) is 4.77. The van der Waals surface area contributed by atoms with Gasteiger partial charge >= 0.3 is 0 Å². The van der Waals surface area contributed by atoms with Gasteiger partial charge in [-0.15, -0.1) is 0 Å². The van der Waals surface area contributed by atoms with Crippen LogP contribution in [0.2, 0.25) is 0 Å². The van der Waals surface area contributed by atoms with Crippen LogP contribution >= 0.6 is 0 Å². The summed E-state index contributed by atoms with van der Waals surface area (Å²) in [6.07, 6.45) is 3.07. The third-order valence-corrected chi connectivity index (χ3v) is 3.31. The van der Waals surface area contributed by atoms with Gasteiger partial charge in [0.05, 0.1) is 0 Å². The number of hydrogen-bond acceptors (Lipinski definition) is 2. The summed E-state index contributed by atoms with van der Waals surface area (Å²) in [6.45, 7) is 4.90. The van der Waals surface area contributed by atoms with E-state index in [4.69, 9.17) is 0 Å². The average molecular weight is 274 g/mol. The predicted molar refractivity (Wildman–Crippen MR) is 78.7 cm³/mol. The van der Waals surface area contributed by atoms with Crippen LogP contribution in [0.5, 0.6) is 0 Å². The topological polar surface area (TPSA) is 58.2 Å². The third-order valence-electron chi connectivity index (χ3n) is 3.31. The van der Waals surface area contributed by atoms with Crippen molar-refractivity contribution in [3.05, 3.63) is 35.4 Å². The van der Waals surface area contributed by atoms with E-state index in [1.165, 1.54) is 0 Å². The van der Waals surface area contributed by atoms with Crippen LogP contribution in [0.4, 0.5) is 0 Å². The van der Waals surface area contributed by atoms with Crippen LogP contribution in [0, 0.1) is 5.92 Å². The molecule has 1 aromatic rings. The van der Waals surface area contributed by atoms with E-state index in [1.807, 2.05) is 0 Å². The molecule has 4 nitrogen and oxygen atoms in total. The van der Waals surface area contributed by atoms with Crippen molar-refractivity contribution in [1.29, 1.82) is 0 Å². The molecule has 108 valence electrons. The maximum atomic E-state index is 12.0. The van der Waals surface area contributed by atoms with Gasteiger partial charge in [0.2, 0.25) is 0 Å². The fourth-order valence-electron chi connectivity index (χ4n) is 1.87. The van der Waals surface area contributed by atoms with E-state index in [9.17, 15) is 9.59 Å². The van der Waals surface area contributed by atoms with Crippen LogP contribution in [0.15, 0.2) is 24.3 Å². The largest absolute Gasteiger partial charge is 0.352 e. The molecule has 1 aliphatic rings. The van der Waals surface area contributed by atoms with Crippen molar-refractivity contribution in [3.8, 4) is 0 Å². The Bertz CT molecular complexity index is 493. The van der Waals surface area contributed by atoms with Crippen molar-refractivity contribution in [2.45, 2.75) is 39.2 Å². The van der Waals surface area contributed by atoms with E-state index in [1.54, 1.807) is 24.3 Å². The normalized spacial score (nSPS) is 14.2. The molecule has 0 aromatic heterocycles. The molecule has 0 bridgehead atoms. The zero-order valence-corrected chi connectivity index (χ0v) is 12.1. The highest BCUT2D eigenvalue weighted by atomic mass is 16.2. The lowest BCUT2D eigenvalue weighted by Gasteiger charge is -2.08. The predicted octanol–water partition coefficient (Wildman–Crippen LogP) is 2.35. The summed E-state index contributed by atoms with van der Waals surface area (Å²) in [5.41, 5.74) is 1.09. The van der Waals surface area contributed by atoms with E-state index >= 15 is 0 Å². The van der Waals surface area contributed by atoms with Crippen molar-refractivity contribution < 1.29 is 9.59 Å². The van der Waals surface area contributed by atoms with Gasteiger partial charge < -0.3 is 10.6 Å². The fraction of sp³-hybridized carbons (Fsp3) is 0.500. The standard InChI is InChI=1S/C16H22N2O2/c1-11(2)8-9-17-15(19)12-4-3-5-13(10-12)16(20)18-14-6-7-14/h3-5,10-11,14H,6-9H2,1-2H3,(H,17,19)(H,18,20). The van der Waals surface area contributed by atoms with E-state index < -0.39 is 0 Å². The van der Waals surface area contributed by atoms with Gasteiger partial charge in [-0.2, -0.15) is 0 Å². The highest BCUT2D eigenvalue weighted by Crippen LogP contribution is 2.19. The summed E-state index contributed by atoms with van der Waals surface area (Å²) < 4.78 is 0. The monoisotopic (exact) mass is 274 g/mol. The molecule has 1 saturated carbocycles. The first-order chi connectivity index (χ1) is 9.56. The van der Waals surface area contributed by atoms with Crippen molar-refractivity contribution in [3.63, 3.8) is 0 Å². The van der Waals surface area contributed by atoms with Crippen molar-refractivity contribution in [1.82, 2.24) is 10.6 Å². The van der Waals surface area contributed by atoms with Gasteiger partial charge in [-0.1, -0.05) is 19.9 Å². The number of hydrogen-bond donors (Lipinski definition) is 2. The van der Waals surface area contributed by atoms with Gasteiger partial charge in [0.1, 0.15) is 0 Å². The average Bonchev–Trinajstić information content (AvgIpc) is 3.22. The second-order valence-corrected chi connectivity index (χ2v) is 5.77. The molecule has 0 aliphatic heterocycles. The molecule has 2 rings (SSSR count). The van der Waals surface area contributed by atoms with Crippen LogP contribution < -0.4 is 10.6 Å². The number of benzene rings is 1. The van der Waals surface area contributed by atoms with Gasteiger partial charge in [-0.25, -0.2) is 0 Å². The molecule has 1 aromatic carbocycles. The molecule has 20 heavy (non-hydrogen) atoms. The lowest BCUT2D eigenvalue weighted by Crippen LogP contribution is -2.27. The van der Waals surface area contributed by atoms with E-state index in [-0.39, 0.29) is 11.8 Å². The second-order valence-electron chi connectivity index (χ2n) is 5.77. The number of nitrogens with one attached hydrogen (secondary N) is 2. The van der Waals surface area contributed by atoms with Crippen LogP contribution in [-0.4, -0.2) is 24.4 Å². The van der Waals surface area contributed by atoms with Crippen molar-refractivity contribution in [2.24, 2.45) is 5.92 Å². The zero-order chi connectivity index (χ0) is 14.5. The molecule has 0 atom stereocenters. The highest BCUT2D eigenvalue weighted by Gasteiger charge is 2.23. The van der Waals surface area contributed by atoms with Gasteiger partial charge in [0, 0.05) is 23.7 Å². The summed E-state index contributed by atoms with van der Waals surface area (Å²) in [4.78, 5) is 23.9. The quantitative estimate of drug-likeness (QED) is 0.836. The Morgan fingerprint density at radius 3 is 2.45 bits per heavy atom. The van der Waals surface area contributed by atoms with Crippen molar-refractivity contribution in [2.75, 3.05) is 6.54 Å². The minimum Gasteiger partial charge on any atom is -0.352 e. The van der Waals surface area contributed by atoms with Crippen LogP contribution in [0.3, 0.4) is 0 Å². The summed E-state index contributed by atoms with van der Waals surface area (Å²) in [6, 6.07) is 7.20. The van der Waals surface area contributed by atoms with Gasteiger partial charge in [0.25, 0.3) is 11.8 Å². The number of rotatable bonds is 6. The SMILES string of the molecule is CC(C)CCNC(=O)c1cccc(C(=O)NC2CC2)c1. The minimum absolute atomic E-state index is 0.0932. The molecule has 0 saturated heterocycles. The first-order valence-electron chi connectivity index (χ1n) is 7.25. The van der Waals surface area contributed by atoms with Gasteiger partial charge in [-0.05, 0) is 43.4 Å². The minimum atomic E-state index is -0.119. The lowest BCUT2D eigenvalue weighted by molar-refractivity contribution is 0.0950. The zero-order valence-electron chi connectivity index (χ0n) is 12.1. The summed E-state index contributed by atoms with van der Waals surface area (Å²) in [7, 11) is 0. The molecule has 1 aliphatic carbocycles. The number of carbonyl (C=O) groups is 2. The molecule has 0 heterocycles. The third kappa shape index (κ3) is 4.37. The van der Waals surface area contributed by atoms with Crippen LogP contribution in [0.1, 0.15) is 53.8 Å². The van der Waals surface area contributed by atoms with E-state index in [0.717, 1.165) is 19.3 Å². The summed E-state index contributed by atoms with van der Waals surface area (Å²) in [5.74, 6) is 0.349. The Labute approximate surface area is 119 Å². The maximum Gasteiger partial charge on any atom is 0.251 e. The van der Waals surface area contributed by atoms with Gasteiger partial charge in [0.15, 0.2) is 0 Å². The smallest absolute Gasteiger partial charge is 0.251 e. The first kappa shape index (κ1) is 14.6. The molecule has 0 spiro atoms. The molecule has 2 amide bonds. The molecule has 0 radical (unpaired) electrons.